The highest BCUT2D eigenvalue weighted by atomic mass is 79.9. The standard InChI is InChI=1S/C19H20BrN3O4/c1-12(13-6-7-16-17(10-13)27-9-8-26-16)22-19(25)21-11-18(24)23-15-5-3-2-4-14(15)20/h2-7,10,12H,8-9,11H2,1H3,(H,23,24)(H2,21,22,25)/t12-/m0/s1. The van der Waals surface area contributed by atoms with Gasteiger partial charge in [0.2, 0.25) is 5.91 Å². The second kappa shape index (κ2) is 8.77. The number of fused-ring (bicyclic) bond motifs is 1. The zero-order valence-electron chi connectivity index (χ0n) is 14.8. The molecule has 2 aromatic rings. The van der Waals surface area contributed by atoms with Crippen LogP contribution >= 0.6 is 15.9 Å². The first-order valence-electron chi connectivity index (χ1n) is 8.51. The summed E-state index contributed by atoms with van der Waals surface area (Å²) in [6, 6.07) is 12.1. The number of nitrogens with one attached hydrogen (secondary N) is 3. The Kier molecular flexibility index (Phi) is 6.18. The molecule has 27 heavy (non-hydrogen) atoms. The van der Waals surface area contributed by atoms with Crippen molar-refractivity contribution in [3.63, 3.8) is 0 Å². The van der Waals surface area contributed by atoms with Crippen LogP contribution in [0.1, 0.15) is 18.5 Å². The highest BCUT2D eigenvalue weighted by Crippen LogP contribution is 2.32. The molecule has 0 aliphatic carbocycles. The maximum atomic E-state index is 12.1. The van der Waals surface area contributed by atoms with Crippen molar-refractivity contribution < 1.29 is 19.1 Å². The van der Waals surface area contributed by atoms with Crippen molar-refractivity contribution in [1.29, 1.82) is 0 Å². The van der Waals surface area contributed by atoms with Gasteiger partial charge in [0, 0.05) is 4.47 Å². The molecule has 3 amide bonds. The van der Waals surface area contributed by atoms with Crippen molar-refractivity contribution in [2.24, 2.45) is 0 Å². The van der Waals surface area contributed by atoms with Gasteiger partial charge < -0.3 is 25.4 Å². The Morgan fingerprint density at radius 2 is 1.85 bits per heavy atom. The molecule has 0 aromatic heterocycles. The minimum Gasteiger partial charge on any atom is -0.486 e. The molecule has 3 rings (SSSR count). The summed E-state index contributed by atoms with van der Waals surface area (Å²) in [6.07, 6.45) is 0. The molecule has 0 bridgehead atoms. The number of urea groups is 1. The summed E-state index contributed by atoms with van der Waals surface area (Å²) >= 11 is 3.36. The maximum Gasteiger partial charge on any atom is 0.315 e. The number of rotatable bonds is 5. The molecule has 0 unspecified atom stereocenters. The highest BCUT2D eigenvalue weighted by Gasteiger charge is 2.16. The molecule has 0 fully saturated rings. The lowest BCUT2D eigenvalue weighted by atomic mass is 10.1. The Morgan fingerprint density at radius 1 is 1.11 bits per heavy atom. The number of anilines is 1. The molecule has 7 nitrogen and oxygen atoms in total. The first kappa shape index (κ1) is 19.0. The second-order valence-corrected chi connectivity index (χ2v) is 6.83. The Balaban J connectivity index is 1.48. The van der Waals surface area contributed by atoms with Crippen LogP contribution in [0.2, 0.25) is 0 Å². The molecule has 1 aliphatic rings. The van der Waals surface area contributed by atoms with Crippen molar-refractivity contribution >= 4 is 33.6 Å². The van der Waals surface area contributed by atoms with Gasteiger partial charge in [-0.05, 0) is 52.7 Å². The zero-order valence-corrected chi connectivity index (χ0v) is 16.3. The van der Waals surface area contributed by atoms with Crippen molar-refractivity contribution in [2.45, 2.75) is 13.0 Å². The summed E-state index contributed by atoms with van der Waals surface area (Å²) in [5.74, 6) is 1.05. The number of carbonyl (C=O) groups excluding carboxylic acids is 2. The normalized spacial score (nSPS) is 13.4. The van der Waals surface area contributed by atoms with Crippen LogP contribution in [-0.2, 0) is 4.79 Å². The Bertz CT molecular complexity index is 843. The number of hydrogen-bond donors (Lipinski definition) is 3. The molecule has 142 valence electrons. The summed E-state index contributed by atoms with van der Waals surface area (Å²) in [6.45, 7) is 2.75. The molecular weight excluding hydrogens is 414 g/mol. The molecule has 0 saturated carbocycles. The molecule has 3 N–H and O–H groups in total. The molecule has 0 saturated heterocycles. The third-order valence-electron chi connectivity index (χ3n) is 3.97. The average molecular weight is 434 g/mol. The first-order chi connectivity index (χ1) is 13.0. The quantitative estimate of drug-likeness (QED) is 0.675. The average Bonchev–Trinajstić information content (AvgIpc) is 2.68. The predicted molar refractivity (Wildman–Crippen MR) is 105 cm³/mol. The van der Waals surface area contributed by atoms with Crippen LogP contribution in [0.3, 0.4) is 0 Å². The zero-order chi connectivity index (χ0) is 19.2. The van der Waals surface area contributed by atoms with Gasteiger partial charge in [-0.2, -0.15) is 0 Å². The fourth-order valence-corrected chi connectivity index (χ4v) is 2.96. The number of benzene rings is 2. The van der Waals surface area contributed by atoms with Gasteiger partial charge in [-0.1, -0.05) is 18.2 Å². The minimum absolute atomic E-state index is 0.138. The third-order valence-corrected chi connectivity index (χ3v) is 4.66. The van der Waals surface area contributed by atoms with E-state index in [-0.39, 0.29) is 18.5 Å². The van der Waals surface area contributed by atoms with Crippen molar-refractivity contribution in [3.05, 3.63) is 52.5 Å². The van der Waals surface area contributed by atoms with E-state index in [2.05, 4.69) is 31.9 Å². The molecule has 1 aliphatic heterocycles. The van der Waals surface area contributed by atoms with Gasteiger partial charge >= 0.3 is 6.03 Å². The lowest BCUT2D eigenvalue weighted by molar-refractivity contribution is -0.115. The number of hydrogen-bond acceptors (Lipinski definition) is 4. The van der Waals surface area contributed by atoms with Gasteiger partial charge in [-0.3, -0.25) is 4.79 Å². The maximum absolute atomic E-state index is 12.1. The van der Waals surface area contributed by atoms with Gasteiger partial charge in [0.1, 0.15) is 13.2 Å². The first-order valence-corrected chi connectivity index (χ1v) is 9.30. The van der Waals surface area contributed by atoms with Crippen LogP contribution < -0.4 is 25.4 Å². The Labute approximate surface area is 165 Å². The SMILES string of the molecule is C[C@H](NC(=O)NCC(=O)Nc1ccccc1Br)c1ccc2c(c1)OCCO2. The topological polar surface area (TPSA) is 88.7 Å². The molecule has 2 aromatic carbocycles. The Hall–Kier alpha value is -2.74. The number of ether oxygens (including phenoxy) is 2. The van der Waals surface area contributed by atoms with E-state index in [9.17, 15) is 9.59 Å². The predicted octanol–water partition coefficient (Wildman–Crippen LogP) is 3.22. The summed E-state index contributed by atoms with van der Waals surface area (Å²) in [4.78, 5) is 24.1. The van der Waals surface area contributed by atoms with Crippen LogP contribution in [0.4, 0.5) is 10.5 Å². The van der Waals surface area contributed by atoms with Crippen molar-refractivity contribution in [2.75, 3.05) is 25.1 Å². The van der Waals surface area contributed by atoms with Crippen molar-refractivity contribution in [3.8, 4) is 11.5 Å². The molecule has 0 radical (unpaired) electrons. The summed E-state index contributed by atoms with van der Waals surface area (Å²) < 4.78 is 11.8. The van der Waals surface area contributed by atoms with E-state index in [1.54, 1.807) is 6.07 Å². The third kappa shape index (κ3) is 5.13. The van der Waals surface area contributed by atoms with Gasteiger partial charge in [0.25, 0.3) is 0 Å². The molecule has 0 spiro atoms. The van der Waals surface area contributed by atoms with E-state index in [0.29, 0.717) is 30.4 Å². The van der Waals surface area contributed by atoms with Crippen LogP contribution in [0.25, 0.3) is 0 Å². The molecule has 8 heteroatoms. The summed E-state index contributed by atoms with van der Waals surface area (Å²) in [5.41, 5.74) is 1.53. The largest absolute Gasteiger partial charge is 0.486 e. The van der Waals surface area contributed by atoms with Gasteiger partial charge in [0.05, 0.1) is 18.3 Å². The van der Waals surface area contributed by atoms with E-state index in [1.165, 1.54) is 0 Å². The fraction of sp³-hybridized carbons (Fsp3) is 0.263. The molecule has 1 atom stereocenters. The van der Waals surface area contributed by atoms with E-state index >= 15 is 0 Å². The molecule has 1 heterocycles. The number of para-hydroxylation sites is 1. The number of carbonyl (C=O) groups is 2. The lowest BCUT2D eigenvalue weighted by Gasteiger charge is -2.21. The fourth-order valence-electron chi connectivity index (χ4n) is 2.58. The van der Waals surface area contributed by atoms with Gasteiger partial charge in [-0.15, -0.1) is 0 Å². The van der Waals surface area contributed by atoms with E-state index < -0.39 is 6.03 Å². The lowest BCUT2D eigenvalue weighted by Crippen LogP contribution is -2.41. The van der Waals surface area contributed by atoms with E-state index in [4.69, 9.17) is 9.47 Å². The molecular formula is C19H20BrN3O4. The summed E-state index contributed by atoms with van der Waals surface area (Å²) in [5, 5.41) is 8.08. The summed E-state index contributed by atoms with van der Waals surface area (Å²) in [7, 11) is 0. The van der Waals surface area contributed by atoms with E-state index in [1.807, 2.05) is 43.3 Å². The minimum atomic E-state index is -0.431. The second-order valence-electron chi connectivity index (χ2n) is 5.98. The van der Waals surface area contributed by atoms with Crippen LogP contribution in [-0.4, -0.2) is 31.7 Å². The highest BCUT2D eigenvalue weighted by molar-refractivity contribution is 9.10. The van der Waals surface area contributed by atoms with Gasteiger partial charge in [-0.25, -0.2) is 4.79 Å². The van der Waals surface area contributed by atoms with Gasteiger partial charge in [0.15, 0.2) is 11.5 Å². The number of amides is 3. The van der Waals surface area contributed by atoms with Crippen LogP contribution in [0.5, 0.6) is 11.5 Å². The van der Waals surface area contributed by atoms with E-state index in [0.717, 1.165) is 10.0 Å². The smallest absolute Gasteiger partial charge is 0.315 e. The van der Waals surface area contributed by atoms with Crippen LogP contribution in [0, 0.1) is 0 Å². The number of halogens is 1. The van der Waals surface area contributed by atoms with Crippen molar-refractivity contribution in [1.82, 2.24) is 10.6 Å². The monoisotopic (exact) mass is 433 g/mol. The van der Waals surface area contributed by atoms with Crippen LogP contribution in [0.15, 0.2) is 46.9 Å². The Morgan fingerprint density at radius 3 is 2.63 bits per heavy atom.